The molecule has 0 amide bonds. The summed E-state index contributed by atoms with van der Waals surface area (Å²) in [5.74, 6) is -1.21. The molecule has 0 aliphatic rings. The zero-order valence-electron chi connectivity index (χ0n) is 18.0. The van der Waals surface area contributed by atoms with Gasteiger partial charge in [0.15, 0.2) is 0 Å². The van der Waals surface area contributed by atoms with Crippen molar-refractivity contribution in [3.63, 3.8) is 0 Å². The highest BCUT2D eigenvalue weighted by atomic mass is 31.2. The quantitative estimate of drug-likeness (QED) is 0.150. The van der Waals surface area contributed by atoms with Crippen LogP contribution >= 0.6 is 7.82 Å². The lowest BCUT2D eigenvalue weighted by molar-refractivity contribution is -0.153. The Hall–Kier alpha value is -1.03. The van der Waals surface area contributed by atoms with Crippen molar-refractivity contribution in [1.29, 1.82) is 0 Å². The first-order chi connectivity index (χ1) is 14.2. The SMILES string of the molecule is CCCCCCCCCCC(=O)OC(CO)COP(=O)(O)OCC(CO)OC(C)=O. The van der Waals surface area contributed by atoms with Gasteiger partial charge in [-0.3, -0.25) is 18.6 Å². The van der Waals surface area contributed by atoms with Gasteiger partial charge in [-0.1, -0.05) is 51.9 Å². The standard InChI is InChI=1S/C19H37O10P/c1-3-4-5-6-7-8-9-10-11-19(23)29-18(13-21)15-27-30(24,25)26-14-17(12-20)28-16(2)22/h17-18,20-21H,3-15H2,1-2H3,(H,24,25). The van der Waals surface area contributed by atoms with Crippen molar-refractivity contribution < 1.29 is 47.8 Å². The van der Waals surface area contributed by atoms with Crippen LogP contribution in [0, 0.1) is 0 Å². The molecule has 0 aromatic heterocycles. The summed E-state index contributed by atoms with van der Waals surface area (Å²) in [4.78, 5) is 32.3. The molecular weight excluding hydrogens is 419 g/mol. The lowest BCUT2D eigenvalue weighted by Gasteiger charge is -2.20. The Bertz CT molecular complexity index is 514. The molecule has 0 saturated carbocycles. The van der Waals surface area contributed by atoms with Gasteiger partial charge in [0.25, 0.3) is 0 Å². The van der Waals surface area contributed by atoms with Crippen molar-refractivity contribution >= 4 is 19.8 Å². The molecule has 0 aromatic carbocycles. The largest absolute Gasteiger partial charge is 0.472 e. The number of hydrogen-bond acceptors (Lipinski definition) is 9. The number of rotatable bonds is 19. The van der Waals surface area contributed by atoms with Gasteiger partial charge in [-0.2, -0.15) is 0 Å². The molecule has 0 aromatic rings. The molecular formula is C19H37O10P. The molecule has 3 unspecified atom stereocenters. The number of ether oxygens (including phenoxy) is 2. The molecule has 10 nitrogen and oxygen atoms in total. The molecule has 0 bridgehead atoms. The number of phosphoric ester groups is 1. The van der Waals surface area contributed by atoms with Gasteiger partial charge in [-0.25, -0.2) is 4.57 Å². The van der Waals surface area contributed by atoms with Crippen LogP contribution in [-0.2, 0) is 32.7 Å². The first kappa shape index (κ1) is 29.0. The molecule has 0 rings (SSSR count). The molecule has 0 heterocycles. The van der Waals surface area contributed by atoms with Crippen LogP contribution in [0.2, 0.25) is 0 Å². The second-order valence-corrected chi connectivity index (χ2v) is 8.45. The third-order valence-electron chi connectivity index (χ3n) is 4.12. The summed E-state index contributed by atoms with van der Waals surface area (Å²) >= 11 is 0. The zero-order valence-corrected chi connectivity index (χ0v) is 18.9. The van der Waals surface area contributed by atoms with Crippen LogP contribution in [0.15, 0.2) is 0 Å². The van der Waals surface area contributed by atoms with E-state index in [1.54, 1.807) is 0 Å². The zero-order chi connectivity index (χ0) is 22.8. The molecule has 0 saturated heterocycles. The van der Waals surface area contributed by atoms with Crippen molar-refractivity contribution in [1.82, 2.24) is 0 Å². The fraction of sp³-hybridized carbons (Fsp3) is 0.895. The number of aliphatic hydroxyl groups excluding tert-OH is 2. The first-order valence-corrected chi connectivity index (χ1v) is 11.9. The normalized spacial score (nSPS) is 15.2. The van der Waals surface area contributed by atoms with E-state index in [9.17, 15) is 24.2 Å². The van der Waals surface area contributed by atoms with E-state index in [0.717, 1.165) is 26.2 Å². The number of esters is 2. The number of carbonyl (C=O) groups excluding carboxylic acids is 2. The first-order valence-electron chi connectivity index (χ1n) is 10.4. The Morgan fingerprint density at radius 3 is 1.77 bits per heavy atom. The molecule has 0 radical (unpaired) electrons. The fourth-order valence-electron chi connectivity index (χ4n) is 2.52. The molecule has 11 heteroatoms. The Labute approximate surface area is 178 Å². The third-order valence-corrected chi connectivity index (χ3v) is 5.07. The van der Waals surface area contributed by atoms with Crippen LogP contribution in [0.3, 0.4) is 0 Å². The lowest BCUT2D eigenvalue weighted by Crippen LogP contribution is -2.28. The summed E-state index contributed by atoms with van der Waals surface area (Å²) in [6, 6.07) is 0. The lowest BCUT2D eigenvalue weighted by atomic mass is 10.1. The maximum absolute atomic E-state index is 11.8. The minimum atomic E-state index is -4.56. The maximum Gasteiger partial charge on any atom is 0.472 e. The molecule has 3 atom stereocenters. The molecule has 3 N–H and O–H groups in total. The molecule has 0 spiro atoms. The Morgan fingerprint density at radius 2 is 1.30 bits per heavy atom. The minimum Gasteiger partial charge on any atom is -0.458 e. The van der Waals surface area contributed by atoms with Crippen LogP contribution in [-0.4, -0.2) is 65.7 Å². The second kappa shape index (κ2) is 17.6. The summed E-state index contributed by atoms with van der Waals surface area (Å²) in [6.07, 6.45) is 6.63. The number of hydrogen-bond donors (Lipinski definition) is 3. The Morgan fingerprint density at radius 1 is 0.833 bits per heavy atom. The average molecular weight is 456 g/mol. The van der Waals surface area contributed by atoms with Gasteiger partial charge in [0, 0.05) is 13.3 Å². The predicted molar refractivity (Wildman–Crippen MR) is 109 cm³/mol. The molecule has 0 aliphatic carbocycles. The van der Waals surface area contributed by atoms with Crippen molar-refractivity contribution in [3.05, 3.63) is 0 Å². The Balaban J connectivity index is 4.07. The van der Waals surface area contributed by atoms with E-state index in [-0.39, 0.29) is 6.42 Å². The minimum absolute atomic E-state index is 0.194. The molecule has 0 fully saturated rings. The summed E-state index contributed by atoms with van der Waals surface area (Å²) in [6.45, 7) is 0.980. The van der Waals surface area contributed by atoms with E-state index in [4.69, 9.17) is 14.4 Å². The number of aliphatic hydroxyl groups is 2. The van der Waals surface area contributed by atoms with Crippen molar-refractivity contribution in [2.45, 2.75) is 83.8 Å². The van der Waals surface area contributed by atoms with E-state index in [0.29, 0.717) is 6.42 Å². The van der Waals surface area contributed by atoms with Crippen LogP contribution in [0.1, 0.15) is 71.6 Å². The van der Waals surface area contributed by atoms with Gasteiger partial charge in [-0.15, -0.1) is 0 Å². The van der Waals surface area contributed by atoms with Gasteiger partial charge < -0.3 is 24.6 Å². The monoisotopic (exact) mass is 456 g/mol. The summed E-state index contributed by atoms with van der Waals surface area (Å²) in [5.41, 5.74) is 0. The molecule has 30 heavy (non-hydrogen) atoms. The van der Waals surface area contributed by atoms with E-state index in [2.05, 4.69) is 16.2 Å². The van der Waals surface area contributed by atoms with Crippen LogP contribution in [0.4, 0.5) is 0 Å². The highest BCUT2D eigenvalue weighted by molar-refractivity contribution is 7.47. The summed E-state index contributed by atoms with van der Waals surface area (Å²) < 4.78 is 30.9. The van der Waals surface area contributed by atoms with Crippen molar-refractivity contribution in [3.8, 4) is 0 Å². The van der Waals surface area contributed by atoms with Crippen LogP contribution in [0.5, 0.6) is 0 Å². The summed E-state index contributed by atoms with van der Waals surface area (Å²) in [5, 5.41) is 18.3. The van der Waals surface area contributed by atoms with E-state index in [1.807, 2.05) is 0 Å². The van der Waals surface area contributed by atoms with Gasteiger partial charge in [0.05, 0.1) is 26.4 Å². The Kier molecular flexibility index (Phi) is 17.0. The van der Waals surface area contributed by atoms with Crippen LogP contribution in [0.25, 0.3) is 0 Å². The summed E-state index contributed by atoms with van der Waals surface area (Å²) in [7, 11) is -4.56. The second-order valence-electron chi connectivity index (χ2n) is 6.99. The van der Waals surface area contributed by atoms with Crippen molar-refractivity contribution in [2.24, 2.45) is 0 Å². The number of phosphoric acid groups is 1. The maximum atomic E-state index is 11.8. The van der Waals surface area contributed by atoms with E-state index in [1.165, 1.54) is 25.7 Å². The average Bonchev–Trinajstić information content (AvgIpc) is 2.70. The molecule has 0 aliphatic heterocycles. The van der Waals surface area contributed by atoms with Crippen molar-refractivity contribution in [2.75, 3.05) is 26.4 Å². The van der Waals surface area contributed by atoms with Gasteiger partial charge in [0.2, 0.25) is 0 Å². The highest BCUT2D eigenvalue weighted by Crippen LogP contribution is 2.43. The smallest absolute Gasteiger partial charge is 0.458 e. The third kappa shape index (κ3) is 16.7. The van der Waals surface area contributed by atoms with E-state index >= 15 is 0 Å². The highest BCUT2D eigenvalue weighted by Gasteiger charge is 2.27. The number of carbonyl (C=O) groups is 2. The molecule has 178 valence electrons. The number of unbranched alkanes of at least 4 members (excludes halogenated alkanes) is 7. The van der Waals surface area contributed by atoms with Gasteiger partial charge in [-0.05, 0) is 6.42 Å². The van der Waals surface area contributed by atoms with Gasteiger partial charge >= 0.3 is 19.8 Å². The predicted octanol–water partition coefficient (Wildman–Crippen LogP) is 2.48. The fourth-order valence-corrected chi connectivity index (χ4v) is 3.31. The topological polar surface area (TPSA) is 149 Å². The van der Waals surface area contributed by atoms with E-state index < -0.39 is 58.4 Å². The van der Waals surface area contributed by atoms with Gasteiger partial charge in [0.1, 0.15) is 12.2 Å². The van der Waals surface area contributed by atoms with Crippen LogP contribution < -0.4 is 0 Å².